The molecule has 2 aromatic carbocycles. The van der Waals surface area contributed by atoms with Crippen LogP contribution in [0.2, 0.25) is 0 Å². The van der Waals surface area contributed by atoms with Gasteiger partial charge in [-0.1, -0.05) is 23.9 Å². The number of hydrogen-bond acceptors (Lipinski definition) is 9. The zero-order chi connectivity index (χ0) is 24.9. The molecule has 2 aromatic heterocycles. The number of thioether (sulfide) groups is 1. The van der Waals surface area contributed by atoms with Gasteiger partial charge in [0.05, 0.1) is 40.3 Å². The lowest BCUT2D eigenvalue weighted by molar-refractivity contribution is -0.113. The topological polar surface area (TPSA) is 114 Å². The average Bonchev–Trinajstić information content (AvgIpc) is 3.57. The van der Waals surface area contributed by atoms with Crippen molar-refractivity contribution in [1.29, 1.82) is 0 Å². The minimum absolute atomic E-state index is 0.146. The Morgan fingerprint density at radius 3 is 2.64 bits per heavy atom. The minimum atomic E-state index is -0.357. The molecule has 3 heterocycles. The number of carbonyl (C=O) groups is 3. The lowest BCUT2D eigenvalue weighted by Gasteiger charge is -2.27. The van der Waals surface area contributed by atoms with Crippen molar-refractivity contribution in [3.05, 3.63) is 65.2 Å². The van der Waals surface area contributed by atoms with Crippen LogP contribution in [-0.4, -0.2) is 64.6 Å². The zero-order valence-corrected chi connectivity index (χ0v) is 21.4. The molecule has 12 heteroatoms. The average molecular weight is 540 g/mol. The maximum atomic E-state index is 13.1. The Balaban J connectivity index is 1.25. The van der Waals surface area contributed by atoms with Gasteiger partial charge in [0.1, 0.15) is 0 Å². The number of benzene rings is 2. The first kappa shape index (κ1) is 24.4. The lowest BCUT2D eigenvalue weighted by atomic mass is 10.0. The summed E-state index contributed by atoms with van der Waals surface area (Å²) in [4.78, 5) is 48.5. The molecule has 36 heavy (non-hydrogen) atoms. The third kappa shape index (κ3) is 5.73. The summed E-state index contributed by atoms with van der Waals surface area (Å²) in [5.74, 6) is -0.462. The normalized spacial score (nSPS) is 13.5. The highest BCUT2D eigenvalue weighted by atomic mass is 32.2. The van der Waals surface area contributed by atoms with E-state index in [4.69, 9.17) is 4.74 Å². The maximum absolute atomic E-state index is 13.1. The van der Waals surface area contributed by atoms with E-state index in [1.165, 1.54) is 34.4 Å². The monoisotopic (exact) mass is 539 g/mol. The fourth-order valence-corrected chi connectivity index (χ4v) is 6.07. The molecule has 184 valence electrons. The van der Waals surface area contributed by atoms with E-state index in [-0.39, 0.29) is 23.5 Å². The third-order valence-corrected chi connectivity index (χ3v) is 8.18. The lowest BCUT2D eigenvalue weighted by Crippen LogP contribution is -2.41. The SMILES string of the molecule is O=C(CSc1nc2ccc(NC(=O)c3ccccc3C(=O)N3CCOCC3)cc2s1)Nc1nccs1. The third-order valence-electron chi connectivity index (χ3n) is 5.33. The standard InChI is InChI=1S/C24H21N5O4S3/c30-20(28-23-25-7-12-34-23)14-35-24-27-18-6-5-15(13-19(18)36-24)26-21(31)16-3-1-2-4-17(16)22(32)29-8-10-33-11-9-29/h1-7,12-13H,8-11,14H2,(H,26,31)(H,25,28,30). The van der Waals surface area contributed by atoms with Gasteiger partial charge in [-0.25, -0.2) is 9.97 Å². The van der Waals surface area contributed by atoms with Crippen LogP contribution in [0, 0.1) is 0 Å². The predicted octanol–water partition coefficient (Wildman–Crippen LogP) is 4.21. The fraction of sp³-hybridized carbons (Fsp3) is 0.208. The van der Waals surface area contributed by atoms with Crippen LogP contribution >= 0.6 is 34.4 Å². The second-order valence-electron chi connectivity index (χ2n) is 7.74. The van der Waals surface area contributed by atoms with E-state index in [1.807, 2.05) is 12.1 Å². The number of hydrogen-bond donors (Lipinski definition) is 2. The van der Waals surface area contributed by atoms with Gasteiger partial charge in [-0.15, -0.1) is 22.7 Å². The largest absolute Gasteiger partial charge is 0.378 e. The Labute approximate surface area is 218 Å². The van der Waals surface area contributed by atoms with Crippen molar-refractivity contribution >= 4 is 73.2 Å². The van der Waals surface area contributed by atoms with Gasteiger partial charge >= 0.3 is 0 Å². The molecule has 0 bridgehead atoms. The number of aromatic nitrogens is 2. The summed E-state index contributed by atoms with van der Waals surface area (Å²) in [5, 5.41) is 8.02. The van der Waals surface area contributed by atoms with Crippen molar-refractivity contribution in [2.75, 3.05) is 42.7 Å². The molecule has 3 amide bonds. The molecule has 0 aliphatic carbocycles. The zero-order valence-electron chi connectivity index (χ0n) is 18.9. The summed E-state index contributed by atoms with van der Waals surface area (Å²) in [5.41, 5.74) is 2.07. The number of amides is 3. The number of carbonyl (C=O) groups excluding carboxylic acids is 3. The van der Waals surface area contributed by atoms with E-state index in [0.717, 1.165) is 14.6 Å². The van der Waals surface area contributed by atoms with Crippen LogP contribution in [-0.2, 0) is 9.53 Å². The first-order valence-corrected chi connectivity index (χ1v) is 13.7. The molecule has 9 nitrogen and oxygen atoms in total. The van der Waals surface area contributed by atoms with E-state index in [1.54, 1.807) is 46.8 Å². The van der Waals surface area contributed by atoms with Crippen molar-refractivity contribution in [2.45, 2.75) is 4.34 Å². The highest BCUT2D eigenvalue weighted by Crippen LogP contribution is 2.31. The second-order valence-corrected chi connectivity index (χ2v) is 10.9. The maximum Gasteiger partial charge on any atom is 0.256 e. The van der Waals surface area contributed by atoms with Crippen molar-refractivity contribution in [3.8, 4) is 0 Å². The van der Waals surface area contributed by atoms with Crippen molar-refractivity contribution in [2.24, 2.45) is 0 Å². The Hall–Kier alpha value is -3.32. The molecular weight excluding hydrogens is 518 g/mol. The van der Waals surface area contributed by atoms with Gasteiger partial charge in [-0.2, -0.15) is 0 Å². The first-order valence-electron chi connectivity index (χ1n) is 11.1. The van der Waals surface area contributed by atoms with Gasteiger partial charge in [-0.05, 0) is 30.3 Å². The van der Waals surface area contributed by atoms with Crippen LogP contribution in [0.1, 0.15) is 20.7 Å². The van der Waals surface area contributed by atoms with E-state index in [2.05, 4.69) is 20.6 Å². The van der Waals surface area contributed by atoms with Gasteiger partial charge in [0.25, 0.3) is 11.8 Å². The summed E-state index contributed by atoms with van der Waals surface area (Å²) in [7, 11) is 0. The van der Waals surface area contributed by atoms with Gasteiger partial charge in [-0.3, -0.25) is 14.4 Å². The van der Waals surface area contributed by atoms with Crippen LogP contribution in [0.15, 0.2) is 58.4 Å². The molecule has 1 aliphatic rings. The molecule has 4 aromatic rings. The Bertz CT molecular complexity index is 1400. The number of anilines is 2. The number of ether oxygens (including phenoxy) is 1. The highest BCUT2D eigenvalue weighted by molar-refractivity contribution is 8.01. The van der Waals surface area contributed by atoms with Crippen LogP contribution in [0.3, 0.4) is 0 Å². The molecule has 0 atom stereocenters. The summed E-state index contributed by atoms with van der Waals surface area (Å²) >= 11 is 4.16. The number of thiazole rings is 2. The predicted molar refractivity (Wildman–Crippen MR) is 142 cm³/mol. The van der Waals surface area contributed by atoms with Crippen molar-refractivity contribution in [1.82, 2.24) is 14.9 Å². The molecule has 0 spiro atoms. The Kier molecular flexibility index (Phi) is 7.56. The first-order chi connectivity index (χ1) is 17.6. The molecule has 1 aliphatic heterocycles. The minimum Gasteiger partial charge on any atom is -0.378 e. The second kappa shape index (κ2) is 11.2. The van der Waals surface area contributed by atoms with E-state index >= 15 is 0 Å². The number of nitrogens with zero attached hydrogens (tertiary/aromatic N) is 3. The number of rotatable bonds is 7. The van der Waals surface area contributed by atoms with Crippen LogP contribution < -0.4 is 10.6 Å². The summed E-state index contributed by atoms with van der Waals surface area (Å²) < 4.78 is 6.96. The summed E-state index contributed by atoms with van der Waals surface area (Å²) in [6, 6.07) is 12.3. The molecule has 5 rings (SSSR count). The molecule has 0 unspecified atom stereocenters. The van der Waals surface area contributed by atoms with E-state index in [0.29, 0.717) is 48.2 Å². The number of fused-ring (bicyclic) bond motifs is 1. The summed E-state index contributed by atoms with van der Waals surface area (Å²) in [6.45, 7) is 1.99. The van der Waals surface area contributed by atoms with Crippen LogP contribution in [0.25, 0.3) is 10.2 Å². The number of morpholine rings is 1. The Morgan fingerprint density at radius 2 is 1.86 bits per heavy atom. The molecule has 1 saturated heterocycles. The molecule has 0 radical (unpaired) electrons. The van der Waals surface area contributed by atoms with Crippen LogP contribution in [0.5, 0.6) is 0 Å². The van der Waals surface area contributed by atoms with Gasteiger partial charge in [0, 0.05) is 30.4 Å². The highest BCUT2D eigenvalue weighted by Gasteiger charge is 2.23. The molecule has 1 fully saturated rings. The van der Waals surface area contributed by atoms with Gasteiger partial charge in [0.15, 0.2) is 9.47 Å². The van der Waals surface area contributed by atoms with Gasteiger partial charge in [0.2, 0.25) is 5.91 Å². The Morgan fingerprint density at radius 1 is 1.06 bits per heavy atom. The summed E-state index contributed by atoms with van der Waals surface area (Å²) in [6.07, 6.45) is 1.64. The van der Waals surface area contributed by atoms with Crippen LogP contribution in [0.4, 0.5) is 10.8 Å². The van der Waals surface area contributed by atoms with Crippen molar-refractivity contribution < 1.29 is 19.1 Å². The molecule has 0 saturated carbocycles. The quantitative estimate of drug-likeness (QED) is 0.338. The molecular formula is C24H21N5O4S3. The van der Waals surface area contributed by atoms with Crippen molar-refractivity contribution in [3.63, 3.8) is 0 Å². The molecule has 2 N–H and O–H groups in total. The van der Waals surface area contributed by atoms with E-state index < -0.39 is 0 Å². The fourth-order valence-electron chi connectivity index (χ4n) is 3.61. The smallest absolute Gasteiger partial charge is 0.256 e. The number of nitrogens with one attached hydrogen (secondary N) is 2. The van der Waals surface area contributed by atoms with E-state index in [9.17, 15) is 14.4 Å². The van der Waals surface area contributed by atoms with Gasteiger partial charge < -0.3 is 20.3 Å².